The Hall–Kier alpha value is -0.610. The molecule has 0 N–H and O–H groups in total. The second-order valence-electron chi connectivity index (χ2n) is 5.75. The predicted molar refractivity (Wildman–Crippen MR) is 94.6 cm³/mol. The van der Waals surface area contributed by atoms with Crippen LogP contribution in [-0.4, -0.2) is 28.9 Å². The number of benzene rings is 1. The van der Waals surface area contributed by atoms with E-state index in [1.807, 2.05) is 45.7 Å². The Bertz CT molecular complexity index is 458. The van der Waals surface area contributed by atoms with Crippen LogP contribution in [0, 0.1) is 6.92 Å². The second kappa shape index (κ2) is 8.74. The first kappa shape index (κ1) is 16.8. The number of amides is 1. The summed E-state index contributed by atoms with van der Waals surface area (Å²) in [7, 11) is 5.94. The van der Waals surface area contributed by atoms with Crippen molar-refractivity contribution in [2.75, 3.05) is 12.8 Å². The highest BCUT2D eigenvalue weighted by Crippen LogP contribution is 2.39. The van der Waals surface area contributed by atoms with Gasteiger partial charge in [-0.15, -0.1) is 0 Å². The highest BCUT2D eigenvalue weighted by molar-refractivity contribution is 8.77. The molecule has 1 aliphatic rings. The van der Waals surface area contributed by atoms with Gasteiger partial charge in [0.05, 0.1) is 0 Å². The minimum Gasteiger partial charge on any atom is -0.341 e. The number of unbranched alkanes of at least 4 members (excludes halogenated alkanes) is 1. The van der Waals surface area contributed by atoms with Crippen LogP contribution in [0.25, 0.3) is 0 Å². The lowest BCUT2D eigenvalue weighted by Gasteiger charge is -2.18. The Morgan fingerprint density at radius 1 is 1.33 bits per heavy atom. The molecule has 2 nitrogen and oxygen atoms in total. The molecule has 0 spiro atoms. The molecule has 0 aliphatic carbocycles. The monoisotopic (exact) mass is 323 g/mol. The molecule has 116 valence electrons. The first-order chi connectivity index (χ1) is 10.2. The summed E-state index contributed by atoms with van der Waals surface area (Å²) in [5, 5.41) is 0.829. The van der Waals surface area contributed by atoms with Crippen molar-refractivity contribution in [1.82, 2.24) is 4.90 Å². The molecule has 2 rings (SSSR count). The SMILES string of the molecule is Cc1ccccc1CN(C)C(=O)CCCCC1CCSS1. The molecule has 1 fully saturated rings. The summed E-state index contributed by atoms with van der Waals surface area (Å²) in [6, 6.07) is 8.29. The third-order valence-corrected chi connectivity index (χ3v) is 7.00. The number of rotatable bonds is 7. The highest BCUT2D eigenvalue weighted by atomic mass is 33.1. The maximum atomic E-state index is 12.2. The first-order valence-corrected chi connectivity index (χ1v) is 10.1. The van der Waals surface area contributed by atoms with Crippen LogP contribution in [0.5, 0.6) is 0 Å². The molecular weight excluding hydrogens is 298 g/mol. The van der Waals surface area contributed by atoms with Crippen LogP contribution in [0.4, 0.5) is 0 Å². The molecular formula is C17H25NOS2. The standard InChI is InChI=1S/C17H25NOS2/c1-14-7-3-4-8-15(14)13-18(2)17(19)10-6-5-9-16-11-12-20-21-16/h3-4,7-8,16H,5-6,9-13H2,1-2H3. The number of carbonyl (C=O) groups is 1. The smallest absolute Gasteiger partial charge is 0.222 e. The Morgan fingerprint density at radius 3 is 2.86 bits per heavy atom. The van der Waals surface area contributed by atoms with Crippen molar-refractivity contribution < 1.29 is 4.79 Å². The van der Waals surface area contributed by atoms with E-state index in [1.54, 1.807) is 0 Å². The van der Waals surface area contributed by atoms with Gasteiger partial charge < -0.3 is 4.90 Å². The molecule has 1 aromatic carbocycles. The Morgan fingerprint density at radius 2 is 2.14 bits per heavy atom. The lowest BCUT2D eigenvalue weighted by molar-refractivity contribution is -0.130. The fourth-order valence-electron chi connectivity index (χ4n) is 2.53. The summed E-state index contributed by atoms with van der Waals surface area (Å²) in [6.45, 7) is 2.82. The van der Waals surface area contributed by atoms with Gasteiger partial charge in [0.1, 0.15) is 0 Å². The van der Waals surface area contributed by atoms with Gasteiger partial charge in [-0.05, 0) is 37.3 Å². The Labute approximate surface area is 136 Å². The minimum atomic E-state index is 0.270. The van der Waals surface area contributed by atoms with E-state index >= 15 is 0 Å². The number of aryl methyl sites for hydroxylation is 1. The largest absolute Gasteiger partial charge is 0.341 e. The highest BCUT2D eigenvalue weighted by Gasteiger charge is 2.16. The van der Waals surface area contributed by atoms with E-state index in [2.05, 4.69) is 19.1 Å². The van der Waals surface area contributed by atoms with E-state index in [0.29, 0.717) is 6.42 Å². The van der Waals surface area contributed by atoms with Crippen molar-refractivity contribution >= 4 is 27.5 Å². The van der Waals surface area contributed by atoms with E-state index in [-0.39, 0.29) is 5.91 Å². The van der Waals surface area contributed by atoms with Crippen molar-refractivity contribution in [2.24, 2.45) is 0 Å². The molecule has 4 heteroatoms. The lowest BCUT2D eigenvalue weighted by atomic mass is 10.1. The predicted octanol–water partition coefficient (Wildman–Crippen LogP) is 4.67. The maximum absolute atomic E-state index is 12.2. The number of hydrogen-bond acceptors (Lipinski definition) is 3. The van der Waals surface area contributed by atoms with E-state index in [0.717, 1.165) is 18.2 Å². The number of nitrogens with zero attached hydrogens (tertiary/aromatic N) is 1. The van der Waals surface area contributed by atoms with Gasteiger partial charge in [-0.1, -0.05) is 52.3 Å². The minimum absolute atomic E-state index is 0.270. The summed E-state index contributed by atoms with van der Waals surface area (Å²) in [5.74, 6) is 1.57. The summed E-state index contributed by atoms with van der Waals surface area (Å²) in [4.78, 5) is 14.0. The number of carbonyl (C=O) groups excluding carboxylic acids is 1. The van der Waals surface area contributed by atoms with Gasteiger partial charge in [0.25, 0.3) is 0 Å². The maximum Gasteiger partial charge on any atom is 0.222 e. The molecule has 1 unspecified atom stereocenters. The third-order valence-electron chi connectivity index (χ3n) is 3.99. The van der Waals surface area contributed by atoms with Crippen LogP contribution >= 0.6 is 21.6 Å². The molecule has 0 bridgehead atoms. The molecule has 1 aliphatic heterocycles. The fourth-order valence-corrected chi connectivity index (χ4v) is 5.56. The van der Waals surface area contributed by atoms with Gasteiger partial charge in [0.15, 0.2) is 0 Å². The molecule has 1 saturated heterocycles. The summed E-state index contributed by atoms with van der Waals surface area (Å²) < 4.78 is 0. The molecule has 1 amide bonds. The first-order valence-electron chi connectivity index (χ1n) is 7.73. The van der Waals surface area contributed by atoms with Crippen LogP contribution in [0.3, 0.4) is 0 Å². The Balaban J connectivity index is 1.66. The van der Waals surface area contributed by atoms with Gasteiger partial charge >= 0.3 is 0 Å². The summed E-state index contributed by atoms with van der Waals surface area (Å²) in [6.07, 6.45) is 5.51. The van der Waals surface area contributed by atoms with Crippen LogP contribution in [0.2, 0.25) is 0 Å². The summed E-state index contributed by atoms with van der Waals surface area (Å²) >= 11 is 0. The second-order valence-corrected chi connectivity index (χ2v) is 8.54. The molecule has 0 aromatic heterocycles. The zero-order valence-corrected chi connectivity index (χ0v) is 14.6. The van der Waals surface area contributed by atoms with Crippen molar-refractivity contribution in [3.8, 4) is 0 Å². The fraction of sp³-hybridized carbons (Fsp3) is 0.588. The molecule has 0 radical (unpaired) electrons. The zero-order chi connectivity index (χ0) is 15.1. The summed E-state index contributed by atoms with van der Waals surface area (Å²) in [5.41, 5.74) is 2.50. The molecule has 1 heterocycles. The average molecular weight is 324 g/mol. The van der Waals surface area contributed by atoms with Gasteiger partial charge in [0.2, 0.25) is 5.91 Å². The quantitative estimate of drug-likeness (QED) is 0.537. The molecule has 1 aromatic rings. The topological polar surface area (TPSA) is 20.3 Å². The zero-order valence-electron chi connectivity index (χ0n) is 13.0. The van der Waals surface area contributed by atoms with Crippen molar-refractivity contribution in [3.63, 3.8) is 0 Å². The average Bonchev–Trinajstić information content (AvgIpc) is 2.99. The number of hydrogen-bond donors (Lipinski definition) is 0. The van der Waals surface area contributed by atoms with Crippen LogP contribution in [-0.2, 0) is 11.3 Å². The van der Waals surface area contributed by atoms with E-state index in [9.17, 15) is 4.79 Å². The molecule has 21 heavy (non-hydrogen) atoms. The third kappa shape index (κ3) is 5.59. The van der Waals surface area contributed by atoms with Crippen molar-refractivity contribution in [2.45, 2.75) is 50.8 Å². The van der Waals surface area contributed by atoms with Gasteiger partial charge in [-0.2, -0.15) is 0 Å². The van der Waals surface area contributed by atoms with E-state index < -0.39 is 0 Å². The van der Waals surface area contributed by atoms with E-state index in [4.69, 9.17) is 0 Å². The van der Waals surface area contributed by atoms with Gasteiger partial charge in [-0.3, -0.25) is 4.79 Å². The van der Waals surface area contributed by atoms with Crippen molar-refractivity contribution in [3.05, 3.63) is 35.4 Å². The van der Waals surface area contributed by atoms with Gasteiger partial charge in [0, 0.05) is 31.0 Å². The van der Waals surface area contributed by atoms with Crippen LogP contribution in [0.1, 0.15) is 43.2 Å². The van der Waals surface area contributed by atoms with Crippen LogP contribution in [0.15, 0.2) is 24.3 Å². The molecule has 1 atom stereocenters. The Kier molecular flexibility index (Phi) is 6.97. The van der Waals surface area contributed by atoms with Crippen LogP contribution < -0.4 is 0 Å². The lowest BCUT2D eigenvalue weighted by Crippen LogP contribution is -2.26. The molecule has 0 saturated carbocycles. The normalized spacial score (nSPS) is 17.9. The van der Waals surface area contributed by atoms with Gasteiger partial charge in [-0.25, -0.2) is 0 Å². The van der Waals surface area contributed by atoms with E-state index in [1.165, 1.54) is 36.1 Å². The van der Waals surface area contributed by atoms with Crippen molar-refractivity contribution in [1.29, 1.82) is 0 Å².